The highest BCUT2D eigenvalue weighted by atomic mass is 32.2. The van der Waals surface area contributed by atoms with Crippen LogP contribution >= 0.6 is 11.8 Å². The maximum Gasteiger partial charge on any atom is 0.237 e. The second-order valence-corrected chi connectivity index (χ2v) is 9.47. The van der Waals surface area contributed by atoms with E-state index in [-0.39, 0.29) is 11.2 Å². The lowest BCUT2D eigenvalue weighted by atomic mass is 9.89. The largest absolute Gasteiger partial charge is 0.325 e. The van der Waals surface area contributed by atoms with E-state index in [1.807, 2.05) is 19.1 Å². The van der Waals surface area contributed by atoms with E-state index in [9.17, 15) is 4.79 Å². The molecule has 2 aliphatic rings. The summed E-state index contributed by atoms with van der Waals surface area (Å²) < 4.78 is 2.15. The van der Waals surface area contributed by atoms with Crippen molar-refractivity contribution in [3.8, 4) is 0 Å². The number of fused-ring (bicyclic) bond motifs is 1. The third-order valence-electron chi connectivity index (χ3n) is 6.04. The number of aromatic nitrogens is 3. The molecular formula is C23H30N4OS. The predicted molar refractivity (Wildman–Crippen MR) is 118 cm³/mol. The standard InChI is InChI=1S/C23H30N4OS/c1-3-14-27-21(18-8-5-4-6-9-18)25-26-23(27)29-16(2)22(28)24-20-13-12-17-10-7-11-19(17)15-20/h3,12-13,15-16,18H,1,4-11,14H2,2H3,(H,24,28). The van der Waals surface area contributed by atoms with Crippen LogP contribution in [0.15, 0.2) is 36.0 Å². The molecule has 29 heavy (non-hydrogen) atoms. The molecule has 1 atom stereocenters. The van der Waals surface area contributed by atoms with Gasteiger partial charge < -0.3 is 9.88 Å². The van der Waals surface area contributed by atoms with Gasteiger partial charge in [0, 0.05) is 18.2 Å². The molecule has 154 valence electrons. The molecule has 2 aromatic rings. The molecular weight excluding hydrogens is 380 g/mol. The number of anilines is 1. The summed E-state index contributed by atoms with van der Waals surface area (Å²) in [6.07, 6.45) is 11.5. The molecule has 1 amide bonds. The van der Waals surface area contributed by atoms with Crippen LogP contribution in [0.2, 0.25) is 0 Å². The fourth-order valence-electron chi connectivity index (χ4n) is 4.46. The molecule has 4 rings (SSSR count). The second kappa shape index (κ2) is 9.16. The highest BCUT2D eigenvalue weighted by Gasteiger charge is 2.25. The molecule has 1 fully saturated rings. The average Bonchev–Trinajstić information content (AvgIpc) is 3.36. The lowest BCUT2D eigenvalue weighted by Gasteiger charge is -2.21. The van der Waals surface area contributed by atoms with Crippen molar-refractivity contribution in [3.63, 3.8) is 0 Å². The molecule has 0 aliphatic heterocycles. The van der Waals surface area contributed by atoms with Crippen LogP contribution < -0.4 is 5.32 Å². The number of amides is 1. The number of carbonyl (C=O) groups is 1. The number of carbonyl (C=O) groups excluding carboxylic acids is 1. The molecule has 6 heteroatoms. The fraction of sp³-hybridized carbons (Fsp3) is 0.522. The second-order valence-electron chi connectivity index (χ2n) is 8.16. The van der Waals surface area contributed by atoms with Crippen molar-refractivity contribution < 1.29 is 4.79 Å². The Labute approximate surface area is 177 Å². The van der Waals surface area contributed by atoms with E-state index < -0.39 is 0 Å². The van der Waals surface area contributed by atoms with Gasteiger partial charge in [-0.05, 0) is 62.3 Å². The van der Waals surface area contributed by atoms with Gasteiger partial charge in [-0.1, -0.05) is 43.2 Å². The lowest BCUT2D eigenvalue weighted by Crippen LogP contribution is -2.23. The number of nitrogens with one attached hydrogen (secondary N) is 1. The SMILES string of the molecule is C=CCn1c(SC(C)C(=O)Nc2ccc3c(c2)CCC3)nnc1C1CCCCC1. The van der Waals surface area contributed by atoms with Crippen molar-refractivity contribution in [1.82, 2.24) is 14.8 Å². The number of allylic oxidation sites excluding steroid dienone is 1. The van der Waals surface area contributed by atoms with Gasteiger partial charge in [-0.15, -0.1) is 16.8 Å². The number of thioether (sulfide) groups is 1. The molecule has 0 saturated heterocycles. The Morgan fingerprint density at radius 1 is 1.24 bits per heavy atom. The van der Waals surface area contributed by atoms with E-state index in [0.29, 0.717) is 12.5 Å². The molecule has 5 nitrogen and oxygen atoms in total. The Balaban J connectivity index is 1.44. The van der Waals surface area contributed by atoms with Crippen molar-refractivity contribution in [1.29, 1.82) is 0 Å². The quantitative estimate of drug-likeness (QED) is 0.508. The van der Waals surface area contributed by atoms with E-state index in [1.54, 1.807) is 0 Å². The first-order chi connectivity index (χ1) is 14.2. The summed E-state index contributed by atoms with van der Waals surface area (Å²) in [7, 11) is 0. The molecule has 1 aromatic heterocycles. The Morgan fingerprint density at radius 3 is 2.83 bits per heavy atom. The Hall–Kier alpha value is -2.08. The topological polar surface area (TPSA) is 59.8 Å². The number of aryl methyl sites for hydroxylation is 2. The van der Waals surface area contributed by atoms with E-state index in [1.165, 1.54) is 61.4 Å². The first kappa shape index (κ1) is 20.2. The van der Waals surface area contributed by atoms with Gasteiger partial charge in [0.05, 0.1) is 5.25 Å². The van der Waals surface area contributed by atoms with Gasteiger partial charge in [0.1, 0.15) is 5.82 Å². The van der Waals surface area contributed by atoms with Crippen LogP contribution in [-0.2, 0) is 24.2 Å². The minimum absolute atomic E-state index is 0.000293. The summed E-state index contributed by atoms with van der Waals surface area (Å²) >= 11 is 1.48. The molecule has 0 bridgehead atoms. The lowest BCUT2D eigenvalue weighted by molar-refractivity contribution is -0.115. The van der Waals surface area contributed by atoms with E-state index in [0.717, 1.165) is 29.5 Å². The van der Waals surface area contributed by atoms with E-state index in [4.69, 9.17) is 0 Å². The van der Waals surface area contributed by atoms with Crippen LogP contribution in [0.25, 0.3) is 0 Å². The summed E-state index contributed by atoms with van der Waals surface area (Å²) in [6.45, 7) is 6.51. The van der Waals surface area contributed by atoms with Crippen LogP contribution in [0.5, 0.6) is 0 Å². The van der Waals surface area contributed by atoms with Crippen LogP contribution in [0.4, 0.5) is 5.69 Å². The van der Waals surface area contributed by atoms with Crippen molar-refractivity contribution in [2.45, 2.75) is 81.2 Å². The van der Waals surface area contributed by atoms with E-state index >= 15 is 0 Å². The first-order valence-corrected chi connectivity index (χ1v) is 11.7. The summed E-state index contributed by atoms with van der Waals surface area (Å²) in [5, 5.41) is 12.6. The summed E-state index contributed by atoms with van der Waals surface area (Å²) in [5.74, 6) is 1.53. The van der Waals surface area contributed by atoms with Crippen LogP contribution in [0.3, 0.4) is 0 Å². The predicted octanol–water partition coefficient (Wildman–Crippen LogP) is 5.12. The fourth-order valence-corrected chi connectivity index (χ4v) is 5.32. The Kier molecular flexibility index (Phi) is 6.38. The number of benzene rings is 1. The zero-order valence-electron chi connectivity index (χ0n) is 17.2. The Bertz CT molecular complexity index is 885. The number of hydrogen-bond donors (Lipinski definition) is 1. The van der Waals surface area contributed by atoms with E-state index in [2.05, 4.69) is 38.8 Å². The molecule has 1 heterocycles. The van der Waals surface area contributed by atoms with Crippen LogP contribution in [-0.4, -0.2) is 25.9 Å². The third kappa shape index (κ3) is 4.58. The smallest absolute Gasteiger partial charge is 0.237 e. The van der Waals surface area contributed by atoms with Gasteiger partial charge in [0.2, 0.25) is 5.91 Å². The summed E-state index contributed by atoms with van der Waals surface area (Å²) in [4.78, 5) is 12.8. The Morgan fingerprint density at radius 2 is 2.03 bits per heavy atom. The van der Waals surface area contributed by atoms with Crippen molar-refractivity contribution in [2.75, 3.05) is 5.32 Å². The summed E-state index contributed by atoms with van der Waals surface area (Å²) in [5.41, 5.74) is 3.67. The van der Waals surface area contributed by atoms with Gasteiger partial charge in [0.25, 0.3) is 0 Å². The van der Waals surface area contributed by atoms with Gasteiger partial charge in [-0.25, -0.2) is 0 Å². The zero-order chi connectivity index (χ0) is 20.2. The number of nitrogens with zero attached hydrogens (tertiary/aromatic N) is 3. The van der Waals surface area contributed by atoms with Crippen LogP contribution in [0, 0.1) is 0 Å². The normalized spacial score (nSPS) is 17.7. The van der Waals surface area contributed by atoms with Gasteiger partial charge in [-0.2, -0.15) is 0 Å². The maximum atomic E-state index is 12.8. The van der Waals surface area contributed by atoms with Crippen molar-refractivity contribution in [3.05, 3.63) is 47.8 Å². The average molecular weight is 411 g/mol. The van der Waals surface area contributed by atoms with Gasteiger partial charge >= 0.3 is 0 Å². The molecule has 1 saturated carbocycles. The zero-order valence-corrected chi connectivity index (χ0v) is 18.0. The third-order valence-corrected chi connectivity index (χ3v) is 7.13. The van der Waals surface area contributed by atoms with Crippen molar-refractivity contribution in [2.24, 2.45) is 0 Å². The monoisotopic (exact) mass is 410 g/mol. The minimum atomic E-state index is -0.254. The molecule has 1 aromatic carbocycles. The molecule has 2 aliphatic carbocycles. The summed E-state index contributed by atoms with van der Waals surface area (Å²) in [6, 6.07) is 6.28. The first-order valence-electron chi connectivity index (χ1n) is 10.8. The van der Waals surface area contributed by atoms with Crippen molar-refractivity contribution >= 4 is 23.4 Å². The van der Waals surface area contributed by atoms with Crippen LogP contribution in [0.1, 0.15) is 68.3 Å². The van der Waals surface area contributed by atoms with Gasteiger partial charge in [-0.3, -0.25) is 4.79 Å². The molecule has 0 spiro atoms. The molecule has 0 radical (unpaired) electrons. The van der Waals surface area contributed by atoms with Gasteiger partial charge in [0.15, 0.2) is 5.16 Å². The number of hydrogen-bond acceptors (Lipinski definition) is 4. The number of rotatable bonds is 7. The maximum absolute atomic E-state index is 12.8. The highest BCUT2D eigenvalue weighted by Crippen LogP contribution is 2.34. The highest BCUT2D eigenvalue weighted by molar-refractivity contribution is 8.00. The molecule has 1 unspecified atom stereocenters. The molecule has 1 N–H and O–H groups in total. The minimum Gasteiger partial charge on any atom is -0.325 e.